The number of carbonyl (C=O) groups excluding carboxylic acids is 2. The molecule has 3 rings (SSSR count). The van der Waals surface area contributed by atoms with Gasteiger partial charge in [0.1, 0.15) is 22.9 Å². The summed E-state index contributed by atoms with van der Waals surface area (Å²) in [5, 5.41) is 0. The highest BCUT2D eigenvalue weighted by atomic mass is 16.5. The second-order valence-electron chi connectivity index (χ2n) is 7.49. The first-order valence-corrected chi connectivity index (χ1v) is 10.4. The molecule has 3 N–H and O–H groups in total. The predicted octanol–water partition coefficient (Wildman–Crippen LogP) is 1.90. The van der Waals surface area contributed by atoms with E-state index in [1.165, 1.54) is 4.57 Å². The van der Waals surface area contributed by atoms with Crippen molar-refractivity contribution in [1.82, 2.24) is 9.55 Å². The number of hydrogen-bond acceptors (Lipinski definition) is 7. The fraction of sp³-hybridized carbons (Fsp3) is 0.304. The van der Waals surface area contributed by atoms with Crippen molar-refractivity contribution < 1.29 is 18.7 Å². The molecule has 0 aliphatic rings. The summed E-state index contributed by atoms with van der Waals surface area (Å²) in [7, 11) is 0. The summed E-state index contributed by atoms with van der Waals surface area (Å²) in [6.07, 6.45) is 0. The number of esters is 1. The average molecular weight is 454 g/mol. The molecule has 0 unspecified atom stereocenters. The number of aromatic nitrogens is 2. The second kappa shape index (κ2) is 9.60. The quantitative estimate of drug-likeness (QED) is 0.519. The van der Waals surface area contributed by atoms with Crippen LogP contribution in [-0.4, -0.2) is 34.6 Å². The molecule has 0 atom stereocenters. The van der Waals surface area contributed by atoms with Crippen molar-refractivity contribution in [3.63, 3.8) is 0 Å². The molecule has 2 aromatic heterocycles. The van der Waals surface area contributed by atoms with Gasteiger partial charge in [0.15, 0.2) is 12.3 Å². The third-order valence-electron chi connectivity index (χ3n) is 5.38. The molecule has 0 aliphatic heterocycles. The van der Waals surface area contributed by atoms with Crippen molar-refractivity contribution >= 4 is 23.4 Å². The highest BCUT2D eigenvalue weighted by molar-refractivity contribution is 5.99. The maximum atomic E-state index is 12.9. The van der Waals surface area contributed by atoms with Crippen LogP contribution in [0.4, 0.5) is 11.5 Å². The Kier molecular flexibility index (Phi) is 6.86. The number of likely N-dealkylation sites (N-methyl/N-ethyl adjacent to an activating group) is 1. The van der Waals surface area contributed by atoms with E-state index in [0.29, 0.717) is 17.1 Å². The Morgan fingerprint density at radius 2 is 1.79 bits per heavy atom. The molecule has 0 spiro atoms. The molecule has 10 nitrogen and oxygen atoms in total. The number of benzene rings is 1. The second-order valence-corrected chi connectivity index (χ2v) is 7.49. The molecule has 0 saturated carbocycles. The molecule has 2 heterocycles. The number of ether oxygens (including phenoxy) is 1. The van der Waals surface area contributed by atoms with Crippen molar-refractivity contribution in [2.45, 2.75) is 34.2 Å². The topological polar surface area (TPSA) is 141 Å². The van der Waals surface area contributed by atoms with Crippen LogP contribution in [0, 0.1) is 20.8 Å². The van der Waals surface area contributed by atoms with Gasteiger partial charge in [-0.1, -0.05) is 30.3 Å². The standard InChI is InChI=1S/C23H26N4O6/c1-5-26(17(28)12-32-22(30)18-13(2)14(3)33-15(18)4)19-20(24)27(23(31)25-21(19)29)11-16-9-7-6-8-10-16/h6-10H,5,11-12,24H2,1-4H3,(H,25,29,31). The normalized spacial score (nSPS) is 10.8. The highest BCUT2D eigenvalue weighted by Gasteiger charge is 2.26. The maximum Gasteiger partial charge on any atom is 0.342 e. The first kappa shape index (κ1) is 23.6. The lowest BCUT2D eigenvalue weighted by Crippen LogP contribution is -2.42. The number of carbonyl (C=O) groups is 2. The summed E-state index contributed by atoms with van der Waals surface area (Å²) in [5.41, 5.74) is 6.16. The first-order valence-electron chi connectivity index (χ1n) is 10.4. The van der Waals surface area contributed by atoms with Gasteiger partial charge in [-0.3, -0.25) is 19.1 Å². The summed E-state index contributed by atoms with van der Waals surface area (Å²) >= 11 is 0. The number of H-pyrrole nitrogens is 1. The summed E-state index contributed by atoms with van der Waals surface area (Å²) in [6.45, 7) is 6.27. The van der Waals surface area contributed by atoms with Gasteiger partial charge in [-0.2, -0.15) is 0 Å². The van der Waals surface area contributed by atoms with Crippen LogP contribution in [0.15, 0.2) is 44.3 Å². The third kappa shape index (κ3) is 4.74. The Hall–Kier alpha value is -4.08. The molecule has 0 aliphatic carbocycles. The van der Waals surface area contributed by atoms with E-state index in [-0.39, 0.29) is 30.2 Å². The van der Waals surface area contributed by atoms with Crippen molar-refractivity contribution in [3.05, 3.63) is 79.4 Å². The number of amides is 1. The van der Waals surface area contributed by atoms with Crippen molar-refractivity contribution in [1.29, 1.82) is 0 Å². The van der Waals surface area contributed by atoms with Gasteiger partial charge >= 0.3 is 11.7 Å². The van der Waals surface area contributed by atoms with Crippen molar-refractivity contribution in [2.75, 3.05) is 23.8 Å². The maximum absolute atomic E-state index is 12.9. The third-order valence-corrected chi connectivity index (χ3v) is 5.38. The largest absolute Gasteiger partial charge is 0.465 e. The van der Waals surface area contributed by atoms with E-state index in [1.807, 2.05) is 18.2 Å². The van der Waals surface area contributed by atoms with Gasteiger partial charge in [-0.05, 0) is 33.3 Å². The van der Waals surface area contributed by atoms with Gasteiger partial charge in [0.05, 0.1) is 6.54 Å². The van der Waals surface area contributed by atoms with Gasteiger partial charge in [-0.15, -0.1) is 0 Å². The lowest BCUT2D eigenvalue weighted by molar-refractivity contribution is -0.121. The predicted molar refractivity (Wildman–Crippen MR) is 123 cm³/mol. The van der Waals surface area contributed by atoms with E-state index >= 15 is 0 Å². The van der Waals surface area contributed by atoms with Crippen LogP contribution in [0.25, 0.3) is 0 Å². The number of anilines is 2. The summed E-state index contributed by atoms with van der Waals surface area (Å²) in [4.78, 5) is 53.6. The minimum absolute atomic E-state index is 0.0656. The zero-order chi connectivity index (χ0) is 24.3. The molecule has 3 aromatic rings. The van der Waals surface area contributed by atoms with Crippen LogP contribution in [0.1, 0.15) is 39.9 Å². The number of furan rings is 1. The number of nitrogens with two attached hydrogens (primary N) is 1. The summed E-state index contributed by atoms with van der Waals surface area (Å²) < 4.78 is 11.8. The van der Waals surface area contributed by atoms with Crippen molar-refractivity contribution in [2.24, 2.45) is 0 Å². The molecule has 1 aromatic carbocycles. The van der Waals surface area contributed by atoms with Crippen molar-refractivity contribution in [3.8, 4) is 0 Å². The molecule has 0 bridgehead atoms. The molecule has 1 amide bonds. The van der Waals surface area contributed by atoms with Gasteiger partial charge in [0, 0.05) is 12.1 Å². The van der Waals surface area contributed by atoms with Gasteiger partial charge < -0.3 is 19.8 Å². The van der Waals surface area contributed by atoms with E-state index in [9.17, 15) is 19.2 Å². The monoisotopic (exact) mass is 454 g/mol. The number of aromatic amines is 1. The molecule has 0 radical (unpaired) electrons. The average Bonchev–Trinajstić information content (AvgIpc) is 3.04. The highest BCUT2D eigenvalue weighted by Crippen LogP contribution is 2.22. The smallest absolute Gasteiger partial charge is 0.342 e. The molecular weight excluding hydrogens is 428 g/mol. The lowest BCUT2D eigenvalue weighted by atomic mass is 10.1. The number of nitrogens with one attached hydrogen (secondary N) is 1. The van der Waals surface area contributed by atoms with E-state index in [4.69, 9.17) is 14.9 Å². The number of nitrogen functional groups attached to an aromatic ring is 1. The zero-order valence-electron chi connectivity index (χ0n) is 18.9. The molecule has 10 heteroatoms. The number of hydrogen-bond donors (Lipinski definition) is 2. The fourth-order valence-electron chi connectivity index (χ4n) is 3.59. The zero-order valence-corrected chi connectivity index (χ0v) is 18.9. The van der Waals surface area contributed by atoms with E-state index < -0.39 is 29.7 Å². The molecule has 0 saturated heterocycles. The summed E-state index contributed by atoms with van der Waals surface area (Å²) in [6, 6.07) is 9.07. The number of aryl methyl sites for hydroxylation is 2. The van der Waals surface area contributed by atoms with E-state index in [2.05, 4.69) is 4.98 Å². The lowest BCUT2D eigenvalue weighted by Gasteiger charge is -2.23. The van der Waals surface area contributed by atoms with Crippen LogP contribution in [0.5, 0.6) is 0 Å². The molecule has 174 valence electrons. The van der Waals surface area contributed by atoms with Crippen LogP contribution < -0.4 is 21.9 Å². The van der Waals surface area contributed by atoms with E-state index in [1.54, 1.807) is 39.8 Å². The molecular formula is C23H26N4O6. The van der Waals surface area contributed by atoms with Crippen LogP contribution in [0.2, 0.25) is 0 Å². The Labute approximate surface area is 189 Å². The number of rotatable bonds is 7. The Morgan fingerprint density at radius 1 is 1.12 bits per heavy atom. The minimum Gasteiger partial charge on any atom is -0.465 e. The summed E-state index contributed by atoms with van der Waals surface area (Å²) in [5.74, 6) is -0.554. The van der Waals surface area contributed by atoms with Crippen LogP contribution in [0.3, 0.4) is 0 Å². The van der Waals surface area contributed by atoms with Crippen LogP contribution in [-0.2, 0) is 16.1 Å². The Bertz CT molecular complexity index is 1300. The first-order chi connectivity index (χ1) is 15.6. The molecule has 0 fully saturated rings. The van der Waals surface area contributed by atoms with Crippen LogP contribution >= 0.6 is 0 Å². The van der Waals surface area contributed by atoms with Gasteiger partial charge in [0.2, 0.25) is 0 Å². The Balaban J connectivity index is 1.86. The minimum atomic E-state index is -0.805. The SMILES string of the molecule is CCN(C(=O)COC(=O)c1c(C)oc(C)c1C)c1c(N)n(Cc2ccccc2)c(=O)[nH]c1=O. The van der Waals surface area contributed by atoms with Gasteiger partial charge in [-0.25, -0.2) is 9.59 Å². The number of nitrogens with zero attached hydrogens (tertiary/aromatic N) is 2. The fourth-order valence-corrected chi connectivity index (χ4v) is 3.59. The van der Waals surface area contributed by atoms with E-state index in [0.717, 1.165) is 10.5 Å². The van der Waals surface area contributed by atoms with Gasteiger partial charge in [0.25, 0.3) is 11.5 Å². The Morgan fingerprint density at radius 3 is 2.36 bits per heavy atom. The molecule has 33 heavy (non-hydrogen) atoms.